The van der Waals surface area contributed by atoms with Gasteiger partial charge in [-0.25, -0.2) is 0 Å². The van der Waals surface area contributed by atoms with Gasteiger partial charge < -0.3 is 16.4 Å². The zero-order valence-corrected chi connectivity index (χ0v) is 12.9. The summed E-state index contributed by atoms with van der Waals surface area (Å²) in [5, 5.41) is 0.632. The predicted octanol–water partition coefficient (Wildman–Crippen LogP) is 1.94. The Labute approximate surface area is 134 Å². The van der Waals surface area contributed by atoms with E-state index in [1.165, 1.54) is 0 Å². The van der Waals surface area contributed by atoms with Crippen molar-refractivity contribution in [1.82, 2.24) is 9.88 Å². The van der Waals surface area contributed by atoms with Crippen molar-refractivity contribution < 1.29 is 4.79 Å². The van der Waals surface area contributed by atoms with E-state index in [9.17, 15) is 4.79 Å². The molecule has 1 heterocycles. The topological polar surface area (TPSA) is 85.2 Å². The summed E-state index contributed by atoms with van der Waals surface area (Å²) in [4.78, 5) is 17.0. The van der Waals surface area contributed by atoms with Gasteiger partial charge >= 0.3 is 0 Å². The van der Waals surface area contributed by atoms with E-state index in [1.54, 1.807) is 36.5 Å². The number of likely N-dealkylation sites (N-methyl/N-ethyl adjacent to an activating group) is 1. The van der Waals surface area contributed by atoms with Gasteiger partial charge in [-0.05, 0) is 29.8 Å². The molecule has 22 heavy (non-hydrogen) atoms. The standard InChI is InChI=1S/C16H17ClN4O/c1-21(10-14(18)22)16(12-6-8-20-9-7-12)15(19)11-2-4-13(17)5-3-11/h2-9H,10,19H2,1H3,(H2,18,22)/b16-15-. The molecule has 0 saturated carbocycles. The third kappa shape index (κ3) is 3.77. The molecule has 0 unspecified atom stereocenters. The van der Waals surface area contributed by atoms with Crippen molar-refractivity contribution in [2.45, 2.75) is 0 Å². The first kappa shape index (κ1) is 15.9. The van der Waals surface area contributed by atoms with Gasteiger partial charge in [0.25, 0.3) is 0 Å². The predicted molar refractivity (Wildman–Crippen MR) is 88.5 cm³/mol. The third-order valence-corrected chi connectivity index (χ3v) is 3.39. The summed E-state index contributed by atoms with van der Waals surface area (Å²) >= 11 is 5.91. The molecule has 0 bridgehead atoms. The molecule has 0 atom stereocenters. The number of rotatable bonds is 5. The van der Waals surface area contributed by atoms with Gasteiger partial charge in [0.2, 0.25) is 5.91 Å². The molecule has 0 fully saturated rings. The number of aromatic nitrogens is 1. The van der Waals surface area contributed by atoms with Crippen LogP contribution in [0.25, 0.3) is 11.4 Å². The highest BCUT2D eigenvalue weighted by Crippen LogP contribution is 2.25. The Bertz CT molecular complexity index is 683. The Morgan fingerprint density at radius 2 is 1.68 bits per heavy atom. The smallest absolute Gasteiger partial charge is 0.236 e. The number of halogens is 1. The van der Waals surface area contributed by atoms with Crippen molar-refractivity contribution in [3.63, 3.8) is 0 Å². The summed E-state index contributed by atoms with van der Waals surface area (Å²) in [7, 11) is 1.77. The van der Waals surface area contributed by atoms with E-state index in [0.717, 1.165) is 11.1 Å². The summed E-state index contributed by atoms with van der Waals surface area (Å²) in [6.07, 6.45) is 3.34. The molecule has 0 aliphatic carbocycles. The lowest BCUT2D eigenvalue weighted by molar-refractivity contribution is -0.118. The zero-order valence-electron chi connectivity index (χ0n) is 12.2. The fraction of sp³-hybridized carbons (Fsp3) is 0.125. The van der Waals surface area contributed by atoms with E-state index in [1.807, 2.05) is 24.3 Å². The summed E-state index contributed by atoms with van der Waals surface area (Å²) < 4.78 is 0. The fourth-order valence-electron chi connectivity index (χ4n) is 2.17. The first-order valence-corrected chi connectivity index (χ1v) is 7.02. The van der Waals surface area contributed by atoms with E-state index in [-0.39, 0.29) is 6.54 Å². The van der Waals surface area contributed by atoms with Crippen LogP contribution in [-0.4, -0.2) is 29.4 Å². The van der Waals surface area contributed by atoms with Crippen LogP contribution in [0.4, 0.5) is 0 Å². The van der Waals surface area contributed by atoms with Crippen molar-refractivity contribution >= 4 is 28.9 Å². The minimum Gasteiger partial charge on any atom is -0.397 e. The van der Waals surface area contributed by atoms with Crippen LogP contribution in [0.2, 0.25) is 5.02 Å². The van der Waals surface area contributed by atoms with E-state index >= 15 is 0 Å². The Balaban J connectivity index is 2.53. The molecule has 1 aromatic carbocycles. The molecular weight excluding hydrogens is 300 g/mol. The molecule has 0 spiro atoms. The van der Waals surface area contributed by atoms with Gasteiger partial charge in [0.1, 0.15) is 0 Å². The lowest BCUT2D eigenvalue weighted by Crippen LogP contribution is -2.30. The average Bonchev–Trinajstić information content (AvgIpc) is 2.48. The van der Waals surface area contributed by atoms with E-state index in [2.05, 4.69) is 4.98 Å². The Hall–Kier alpha value is -2.53. The highest BCUT2D eigenvalue weighted by Gasteiger charge is 2.15. The lowest BCUT2D eigenvalue weighted by atomic mass is 10.1. The second-order valence-electron chi connectivity index (χ2n) is 4.83. The minimum absolute atomic E-state index is 0.0615. The van der Waals surface area contributed by atoms with Crippen LogP contribution in [0.3, 0.4) is 0 Å². The number of carbonyl (C=O) groups is 1. The number of nitrogens with zero attached hydrogens (tertiary/aromatic N) is 2. The first-order chi connectivity index (χ1) is 10.5. The van der Waals surface area contributed by atoms with Crippen LogP contribution in [0.5, 0.6) is 0 Å². The van der Waals surface area contributed by atoms with Gasteiger partial charge in [0.05, 0.1) is 17.9 Å². The molecule has 5 nitrogen and oxygen atoms in total. The van der Waals surface area contributed by atoms with Crippen molar-refractivity contribution in [2.75, 3.05) is 13.6 Å². The lowest BCUT2D eigenvalue weighted by Gasteiger charge is -2.24. The van der Waals surface area contributed by atoms with Gasteiger partial charge in [-0.2, -0.15) is 0 Å². The van der Waals surface area contributed by atoms with Crippen LogP contribution in [-0.2, 0) is 4.79 Å². The van der Waals surface area contributed by atoms with Crippen molar-refractivity contribution in [1.29, 1.82) is 0 Å². The summed E-state index contributed by atoms with van der Waals surface area (Å²) in [5.74, 6) is -0.432. The molecule has 2 rings (SSSR count). The van der Waals surface area contributed by atoms with Gasteiger partial charge in [-0.1, -0.05) is 23.7 Å². The monoisotopic (exact) mass is 316 g/mol. The quantitative estimate of drug-likeness (QED) is 0.882. The molecule has 114 valence electrons. The highest BCUT2D eigenvalue weighted by atomic mass is 35.5. The molecule has 4 N–H and O–H groups in total. The molecule has 0 saturated heterocycles. The van der Waals surface area contributed by atoms with E-state index in [4.69, 9.17) is 23.1 Å². The second kappa shape index (κ2) is 6.95. The van der Waals surface area contributed by atoms with Crippen molar-refractivity contribution in [2.24, 2.45) is 11.5 Å². The van der Waals surface area contributed by atoms with Crippen molar-refractivity contribution in [3.05, 3.63) is 64.9 Å². The fourth-order valence-corrected chi connectivity index (χ4v) is 2.30. The largest absolute Gasteiger partial charge is 0.397 e. The van der Waals surface area contributed by atoms with Gasteiger partial charge in [0.15, 0.2) is 0 Å². The SMILES string of the molecule is CN(CC(N)=O)/C(=C(\N)c1ccc(Cl)cc1)c1ccncc1. The second-order valence-corrected chi connectivity index (χ2v) is 5.26. The van der Waals surface area contributed by atoms with Crippen LogP contribution in [0.15, 0.2) is 48.8 Å². The number of primary amides is 1. The summed E-state index contributed by atoms with van der Waals surface area (Å²) in [6, 6.07) is 10.9. The number of hydrogen-bond acceptors (Lipinski definition) is 4. The minimum atomic E-state index is -0.432. The zero-order chi connectivity index (χ0) is 16.1. The number of benzene rings is 1. The highest BCUT2D eigenvalue weighted by molar-refractivity contribution is 6.30. The van der Waals surface area contributed by atoms with Crippen LogP contribution in [0.1, 0.15) is 11.1 Å². The van der Waals surface area contributed by atoms with Gasteiger partial charge in [0, 0.05) is 30.0 Å². The average molecular weight is 317 g/mol. The number of carbonyl (C=O) groups excluding carboxylic acids is 1. The maximum absolute atomic E-state index is 11.2. The number of amides is 1. The molecule has 0 aliphatic rings. The van der Waals surface area contributed by atoms with E-state index in [0.29, 0.717) is 16.4 Å². The normalized spacial score (nSPS) is 11.7. The number of hydrogen-bond donors (Lipinski definition) is 2. The molecule has 6 heteroatoms. The maximum atomic E-state index is 11.2. The summed E-state index contributed by atoms with van der Waals surface area (Å²) in [6.45, 7) is 0.0615. The maximum Gasteiger partial charge on any atom is 0.236 e. The number of pyridine rings is 1. The molecular formula is C16H17ClN4O. The Kier molecular flexibility index (Phi) is 5.01. The Morgan fingerprint density at radius 1 is 1.09 bits per heavy atom. The van der Waals surface area contributed by atoms with E-state index < -0.39 is 5.91 Å². The molecule has 1 aromatic heterocycles. The van der Waals surface area contributed by atoms with Crippen molar-refractivity contribution in [3.8, 4) is 0 Å². The van der Waals surface area contributed by atoms with Gasteiger partial charge in [-0.15, -0.1) is 0 Å². The van der Waals surface area contributed by atoms with Crippen LogP contribution < -0.4 is 11.5 Å². The molecule has 0 radical (unpaired) electrons. The van der Waals surface area contributed by atoms with Crippen LogP contribution >= 0.6 is 11.6 Å². The summed E-state index contributed by atoms with van der Waals surface area (Å²) in [5.41, 5.74) is 14.5. The van der Waals surface area contributed by atoms with Gasteiger partial charge in [-0.3, -0.25) is 9.78 Å². The third-order valence-electron chi connectivity index (χ3n) is 3.14. The Morgan fingerprint density at radius 3 is 2.23 bits per heavy atom. The van der Waals surface area contributed by atoms with Crippen LogP contribution in [0, 0.1) is 0 Å². The number of nitrogens with two attached hydrogens (primary N) is 2. The molecule has 0 aliphatic heterocycles. The molecule has 2 aromatic rings. The first-order valence-electron chi connectivity index (χ1n) is 6.64. The molecule has 1 amide bonds.